The van der Waals surface area contributed by atoms with E-state index in [1.807, 2.05) is 13.0 Å². The summed E-state index contributed by atoms with van der Waals surface area (Å²) in [5.74, 6) is -4.77. The van der Waals surface area contributed by atoms with E-state index < -0.39 is 46.8 Å². The van der Waals surface area contributed by atoms with Crippen LogP contribution in [0, 0.1) is 23.7 Å². The van der Waals surface area contributed by atoms with Gasteiger partial charge in [-0.1, -0.05) is 66.0 Å². The molecular weight excluding hydrogens is 669 g/mol. The molecule has 4 aliphatic rings. The Bertz CT molecular complexity index is 1910. The highest BCUT2D eigenvalue weighted by molar-refractivity contribution is 6.36. The first-order valence-electron chi connectivity index (χ1n) is 16.2. The number of allylic oxidation sites excluding steroid dienone is 2. The number of halogens is 2. The normalized spacial score (nSPS) is 27.4. The van der Waals surface area contributed by atoms with Crippen LogP contribution >= 0.6 is 23.2 Å². The quantitative estimate of drug-likeness (QED) is 0.213. The van der Waals surface area contributed by atoms with Crippen molar-refractivity contribution in [2.24, 2.45) is 23.7 Å². The number of fused-ring (bicyclic) bond motifs is 4. The van der Waals surface area contributed by atoms with Gasteiger partial charge in [-0.2, -0.15) is 5.01 Å². The summed E-state index contributed by atoms with van der Waals surface area (Å²) in [6.45, 7) is 2.22. The van der Waals surface area contributed by atoms with Gasteiger partial charge in [-0.3, -0.25) is 29.5 Å². The second-order valence-electron chi connectivity index (χ2n) is 12.9. The van der Waals surface area contributed by atoms with Crippen molar-refractivity contribution in [1.82, 2.24) is 9.91 Å². The molecule has 3 aromatic rings. The standard InChI is InChI=1S/C37H35Cl2N3O7/c1-4-16-41-33(44)23-14-13-22-25(30(23)35(41)46)18-26-34(45)42(40-28-15-10-20(38)17-27(28)39)36(47)37(26,19-8-11-21(48-2)12-9-19)31(22)24-6-5-7-29(49-3)32(24)43/h5-13,15,17,23,25-26,30-31,40,43H,4,14,16,18H2,1-3H3. The molecule has 0 aromatic heterocycles. The maximum Gasteiger partial charge on any atom is 0.260 e. The smallest absolute Gasteiger partial charge is 0.260 e. The number of phenols is 1. The highest BCUT2D eigenvalue weighted by atomic mass is 35.5. The van der Waals surface area contributed by atoms with Gasteiger partial charge < -0.3 is 14.6 Å². The largest absolute Gasteiger partial charge is 0.504 e. The fraction of sp³-hybridized carbons (Fsp3) is 0.351. The molecule has 0 bridgehead atoms. The number of para-hydroxylation sites is 1. The van der Waals surface area contributed by atoms with Gasteiger partial charge in [0.1, 0.15) is 5.75 Å². The summed E-state index contributed by atoms with van der Waals surface area (Å²) in [4.78, 5) is 59.0. The number of benzene rings is 3. The number of aromatic hydroxyl groups is 1. The molecule has 3 aromatic carbocycles. The van der Waals surface area contributed by atoms with Crippen LogP contribution in [0.5, 0.6) is 17.2 Å². The molecule has 0 radical (unpaired) electrons. The highest BCUT2D eigenvalue weighted by Gasteiger charge is 2.70. The molecule has 1 saturated carbocycles. The van der Waals surface area contributed by atoms with Gasteiger partial charge in [0.2, 0.25) is 11.8 Å². The summed E-state index contributed by atoms with van der Waals surface area (Å²) >= 11 is 12.7. The third-order valence-electron chi connectivity index (χ3n) is 10.7. The van der Waals surface area contributed by atoms with Crippen LogP contribution in [0.15, 0.2) is 72.3 Å². The Morgan fingerprint density at radius 3 is 2.37 bits per heavy atom. The van der Waals surface area contributed by atoms with Crippen molar-refractivity contribution in [3.8, 4) is 17.2 Å². The fourth-order valence-electron chi connectivity index (χ4n) is 8.63. The van der Waals surface area contributed by atoms with Crippen LogP contribution in [0.2, 0.25) is 10.0 Å². The molecule has 2 heterocycles. The van der Waals surface area contributed by atoms with Crippen molar-refractivity contribution in [1.29, 1.82) is 0 Å². The summed E-state index contributed by atoms with van der Waals surface area (Å²) in [6, 6.07) is 16.7. The number of likely N-dealkylation sites (tertiary alicyclic amines) is 1. The number of rotatable bonds is 8. The minimum Gasteiger partial charge on any atom is -0.504 e. The number of imide groups is 2. The number of carbonyl (C=O) groups excluding carboxylic acids is 4. The average molecular weight is 705 g/mol. The molecule has 2 aliphatic heterocycles. The molecule has 3 fully saturated rings. The lowest BCUT2D eigenvalue weighted by molar-refractivity contribution is -0.141. The summed E-state index contributed by atoms with van der Waals surface area (Å²) in [6.07, 6.45) is 2.97. The number of phenolic OH excluding ortho intramolecular Hbond substituents is 1. The first-order chi connectivity index (χ1) is 23.6. The van der Waals surface area contributed by atoms with Crippen molar-refractivity contribution in [2.75, 3.05) is 26.2 Å². The van der Waals surface area contributed by atoms with E-state index in [1.165, 1.54) is 25.2 Å². The van der Waals surface area contributed by atoms with E-state index in [4.69, 9.17) is 32.7 Å². The van der Waals surface area contributed by atoms with Crippen molar-refractivity contribution < 1.29 is 33.8 Å². The minimum atomic E-state index is -1.59. The van der Waals surface area contributed by atoms with E-state index >= 15 is 4.79 Å². The lowest BCUT2D eigenvalue weighted by Gasteiger charge is -2.50. The van der Waals surface area contributed by atoms with E-state index in [-0.39, 0.29) is 41.2 Å². The first kappa shape index (κ1) is 33.0. The van der Waals surface area contributed by atoms with Crippen LogP contribution in [0.4, 0.5) is 5.69 Å². The van der Waals surface area contributed by atoms with Crippen molar-refractivity contribution in [3.05, 3.63) is 93.5 Å². The van der Waals surface area contributed by atoms with Crippen LogP contribution in [-0.4, -0.2) is 59.4 Å². The summed E-state index contributed by atoms with van der Waals surface area (Å²) in [5.41, 5.74) is 3.28. The number of anilines is 1. The van der Waals surface area contributed by atoms with Gasteiger partial charge in [-0.25, -0.2) is 0 Å². The zero-order chi connectivity index (χ0) is 34.8. The molecule has 7 rings (SSSR count). The Balaban J connectivity index is 1.48. The minimum absolute atomic E-state index is 0.121. The molecule has 0 spiro atoms. The lowest BCUT2D eigenvalue weighted by atomic mass is 9.49. The van der Waals surface area contributed by atoms with Crippen LogP contribution in [0.25, 0.3) is 0 Å². The van der Waals surface area contributed by atoms with E-state index in [0.717, 1.165) is 10.6 Å². The van der Waals surface area contributed by atoms with Crippen molar-refractivity contribution >= 4 is 52.5 Å². The number of hydrogen-bond acceptors (Lipinski definition) is 8. The molecule has 4 amide bonds. The zero-order valence-corrected chi connectivity index (χ0v) is 28.6. The van der Waals surface area contributed by atoms with E-state index in [1.54, 1.807) is 54.6 Å². The predicted molar refractivity (Wildman–Crippen MR) is 182 cm³/mol. The Hall–Kier alpha value is -4.54. The van der Waals surface area contributed by atoms with E-state index in [2.05, 4.69) is 5.43 Å². The highest BCUT2D eigenvalue weighted by Crippen LogP contribution is 2.65. The second kappa shape index (κ2) is 12.4. The van der Waals surface area contributed by atoms with Crippen molar-refractivity contribution in [3.63, 3.8) is 0 Å². The Kier molecular flexibility index (Phi) is 8.35. The number of nitrogens with one attached hydrogen (secondary N) is 1. The molecule has 6 atom stereocenters. The zero-order valence-electron chi connectivity index (χ0n) is 27.1. The van der Waals surface area contributed by atoms with Crippen LogP contribution in [0.1, 0.15) is 43.2 Å². The first-order valence-corrected chi connectivity index (χ1v) is 17.0. The molecule has 2 N–H and O–H groups in total. The number of ether oxygens (including phenoxy) is 2. The summed E-state index contributed by atoms with van der Waals surface area (Å²) in [5, 5.41) is 13.3. The van der Waals surface area contributed by atoms with Gasteiger partial charge in [-0.05, 0) is 67.1 Å². The van der Waals surface area contributed by atoms with Gasteiger partial charge in [0.25, 0.3) is 11.8 Å². The monoisotopic (exact) mass is 703 g/mol. The van der Waals surface area contributed by atoms with Crippen molar-refractivity contribution in [2.45, 2.75) is 37.5 Å². The van der Waals surface area contributed by atoms with Gasteiger partial charge in [0.15, 0.2) is 11.5 Å². The SMILES string of the molecule is CCCN1C(=O)C2CC=C3C(CC4C(=O)N(Nc5ccc(Cl)cc5Cl)C(=O)C4(c4ccc(OC)cc4)C3c3cccc(OC)c3O)C2C1=O. The molecule has 12 heteroatoms. The average Bonchev–Trinajstić information content (AvgIpc) is 3.47. The Morgan fingerprint density at radius 2 is 1.69 bits per heavy atom. The molecule has 6 unspecified atom stereocenters. The van der Waals surface area contributed by atoms with Crippen LogP contribution in [-0.2, 0) is 24.6 Å². The van der Waals surface area contributed by atoms with E-state index in [9.17, 15) is 19.5 Å². The molecule has 2 aliphatic carbocycles. The number of nitrogens with zero attached hydrogens (tertiary/aromatic N) is 2. The molecule has 10 nitrogen and oxygen atoms in total. The van der Waals surface area contributed by atoms with Gasteiger partial charge in [0.05, 0.1) is 48.1 Å². The third-order valence-corrected chi connectivity index (χ3v) is 11.2. The number of hydrazine groups is 1. The molecule has 254 valence electrons. The Morgan fingerprint density at radius 1 is 0.939 bits per heavy atom. The Labute approximate surface area is 293 Å². The molecular formula is C37H35Cl2N3O7. The maximum absolute atomic E-state index is 15.3. The number of carbonyl (C=O) groups is 4. The number of amides is 4. The maximum atomic E-state index is 15.3. The lowest BCUT2D eigenvalue weighted by Crippen LogP contribution is -2.53. The van der Waals surface area contributed by atoms with Gasteiger partial charge in [0, 0.05) is 23.0 Å². The van der Waals surface area contributed by atoms with Gasteiger partial charge >= 0.3 is 0 Å². The molecule has 2 saturated heterocycles. The number of methoxy groups -OCH3 is 2. The summed E-state index contributed by atoms with van der Waals surface area (Å²) in [7, 11) is 2.97. The van der Waals surface area contributed by atoms with Crippen LogP contribution < -0.4 is 14.9 Å². The molecule has 49 heavy (non-hydrogen) atoms. The predicted octanol–water partition coefficient (Wildman–Crippen LogP) is 6.11. The fourth-order valence-corrected chi connectivity index (χ4v) is 9.08. The number of hydrogen-bond donors (Lipinski definition) is 2. The van der Waals surface area contributed by atoms with E-state index in [0.29, 0.717) is 40.6 Å². The van der Waals surface area contributed by atoms with Gasteiger partial charge in [-0.15, -0.1) is 0 Å². The summed E-state index contributed by atoms with van der Waals surface area (Å²) < 4.78 is 11.0. The second-order valence-corrected chi connectivity index (χ2v) is 13.8. The third kappa shape index (κ3) is 4.82. The topological polar surface area (TPSA) is 125 Å². The van der Waals surface area contributed by atoms with Crippen LogP contribution in [0.3, 0.4) is 0 Å².